The molecule has 0 aromatic heterocycles. The van der Waals surface area contributed by atoms with Crippen LogP contribution in [0.2, 0.25) is 0 Å². The zero-order valence-corrected chi connectivity index (χ0v) is 16.7. The van der Waals surface area contributed by atoms with E-state index < -0.39 is 23.7 Å². The maximum atomic E-state index is 13.6. The van der Waals surface area contributed by atoms with Crippen LogP contribution in [0.25, 0.3) is 0 Å². The van der Waals surface area contributed by atoms with E-state index in [-0.39, 0.29) is 22.1 Å². The van der Waals surface area contributed by atoms with Crippen LogP contribution in [-0.2, 0) is 14.3 Å². The summed E-state index contributed by atoms with van der Waals surface area (Å²) in [6.45, 7) is 1.56. The third-order valence-electron chi connectivity index (χ3n) is 6.34. The Morgan fingerprint density at radius 3 is 2.39 bits per heavy atom. The maximum absolute atomic E-state index is 13.6. The standard InChI is InChI=1S/C21H25F2NO3S/c1-12(27-19(25)11-28-18-7-16(22)2-3-17(18)23)20(26)24-21-8-13-4-14(9-21)6-15(5-13)10-21/h2-3,7,12-15H,4-6,8-11H2,1H3,(H,24,26)/t12-,13?,14?,15?,21?/m1/s1. The van der Waals surface area contributed by atoms with Crippen LogP contribution in [0.3, 0.4) is 0 Å². The van der Waals surface area contributed by atoms with Gasteiger partial charge in [-0.1, -0.05) is 0 Å². The van der Waals surface area contributed by atoms with E-state index in [0.717, 1.165) is 49.2 Å². The molecule has 5 rings (SSSR count). The number of amides is 1. The average Bonchev–Trinajstić information content (AvgIpc) is 2.61. The van der Waals surface area contributed by atoms with Gasteiger partial charge in [-0.2, -0.15) is 0 Å². The minimum atomic E-state index is -0.904. The lowest BCUT2D eigenvalue weighted by Crippen LogP contribution is -2.61. The Kier molecular flexibility index (Phi) is 5.38. The van der Waals surface area contributed by atoms with Gasteiger partial charge >= 0.3 is 5.97 Å². The van der Waals surface area contributed by atoms with Gasteiger partial charge in [-0.3, -0.25) is 9.59 Å². The molecule has 0 saturated heterocycles. The zero-order valence-electron chi connectivity index (χ0n) is 15.9. The van der Waals surface area contributed by atoms with Crippen LogP contribution in [0.1, 0.15) is 45.4 Å². The van der Waals surface area contributed by atoms with Crippen molar-refractivity contribution in [1.82, 2.24) is 5.32 Å². The second-order valence-electron chi connectivity index (χ2n) is 8.68. The molecule has 1 aromatic rings. The van der Waals surface area contributed by atoms with Gasteiger partial charge in [-0.25, -0.2) is 8.78 Å². The molecule has 4 nitrogen and oxygen atoms in total. The Morgan fingerprint density at radius 2 is 1.79 bits per heavy atom. The van der Waals surface area contributed by atoms with Gasteiger partial charge in [0.05, 0.1) is 5.75 Å². The summed E-state index contributed by atoms with van der Waals surface area (Å²) < 4.78 is 32.0. The van der Waals surface area contributed by atoms with Gasteiger partial charge < -0.3 is 10.1 Å². The topological polar surface area (TPSA) is 55.4 Å². The molecule has 1 amide bonds. The zero-order chi connectivity index (χ0) is 19.9. The van der Waals surface area contributed by atoms with E-state index in [1.807, 2.05) is 0 Å². The third-order valence-corrected chi connectivity index (χ3v) is 7.35. The molecule has 4 aliphatic carbocycles. The molecule has 1 N–H and O–H groups in total. The highest BCUT2D eigenvalue weighted by Gasteiger charge is 2.51. The number of hydrogen-bond donors (Lipinski definition) is 1. The SMILES string of the molecule is C[C@@H](OC(=O)CSc1cc(F)ccc1F)C(=O)NC12CC3CC(CC(C3)C1)C2. The van der Waals surface area contributed by atoms with Crippen LogP contribution in [0.4, 0.5) is 8.78 Å². The fourth-order valence-electron chi connectivity index (χ4n) is 5.64. The van der Waals surface area contributed by atoms with Crippen molar-refractivity contribution in [3.05, 3.63) is 29.8 Å². The van der Waals surface area contributed by atoms with Crippen LogP contribution in [-0.4, -0.2) is 29.3 Å². The van der Waals surface area contributed by atoms with E-state index >= 15 is 0 Å². The molecule has 0 aliphatic heterocycles. The Bertz CT molecular complexity index is 750. The highest BCUT2D eigenvalue weighted by atomic mass is 32.2. The predicted octanol–water partition coefficient (Wildman–Crippen LogP) is 4.07. The Morgan fingerprint density at radius 1 is 1.18 bits per heavy atom. The first-order valence-electron chi connectivity index (χ1n) is 9.91. The van der Waals surface area contributed by atoms with Crippen molar-refractivity contribution in [3.8, 4) is 0 Å². The minimum Gasteiger partial charge on any atom is -0.452 e. The highest BCUT2D eigenvalue weighted by Crippen LogP contribution is 2.55. The molecule has 0 unspecified atom stereocenters. The van der Waals surface area contributed by atoms with Crippen LogP contribution in [0.15, 0.2) is 23.1 Å². The lowest BCUT2D eigenvalue weighted by molar-refractivity contribution is -0.154. The average molecular weight is 409 g/mol. The lowest BCUT2D eigenvalue weighted by Gasteiger charge is -2.57. The van der Waals surface area contributed by atoms with Crippen molar-refractivity contribution in [2.24, 2.45) is 17.8 Å². The van der Waals surface area contributed by atoms with Crippen LogP contribution in [0, 0.1) is 29.4 Å². The van der Waals surface area contributed by atoms with Crippen LogP contribution >= 0.6 is 11.8 Å². The molecule has 0 spiro atoms. The molecular formula is C21H25F2NO3S. The van der Waals surface area contributed by atoms with Gasteiger partial charge in [-0.05, 0) is 81.4 Å². The number of carbonyl (C=O) groups excluding carboxylic acids is 2. The highest BCUT2D eigenvalue weighted by molar-refractivity contribution is 8.00. The normalized spacial score (nSPS) is 31.5. The van der Waals surface area contributed by atoms with Gasteiger partial charge in [0.15, 0.2) is 6.10 Å². The molecule has 1 atom stereocenters. The second-order valence-corrected chi connectivity index (χ2v) is 9.70. The molecule has 28 heavy (non-hydrogen) atoms. The van der Waals surface area contributed by atoms with Crippen molar-refractivity contribution in [3.63, 3.8) is 0 Å². The number of ether oxygens (including phenoxy) is 1. The molecule has 152 valence electrons. The van der Waals surface area contributed by atoms with Gasteiger partial charge in [-0.15, -0.1) is 11.8 Å². The summed E-state index contributed by atoms with van der Waals surface area (Å²) in [5, 5.41) is 3.19. The van der Waals surface area contributed by atoms with E-state index in [1.54, 1.807) is 6.92 Å². The van der Waals surface area contributed by atoms with Crippen molar-refractivity contribution in [2.45, 2.75) is 62.0 Å². The minimum absolute atomic E-state index is 0.0441. The van der Waals surface area contributed by atoms with E-state index in [9.17, 15) is 18.4 Å². The molecule has 1 aromatic carbocycles. The second kappa shape index (κ2) is 7.65. The van der Waals surface area contributed by atoms with E-state index in [2.05, 4.69) is 5.32 Å². The van der Waals surface area contributed by atoms with Gasteiger partial charge in [0, 0.05) is 10.4 Å². The largest absolute Gasteiger partial charge is 0.452 e. The van der Waals surface area contributed by atoms with Crippen molar-refractivity contribution in [2.75, 3.05) is 5.75 Å². The molecule has 0 heterocycles. The molecule has 4 saturated carbocycles. The number of thioether (sulfide) groups is 1. The molecule has 4 bridgehead atoms. The summed E-state index contributed by atoms with van der Waals surface area (Å²) in [5.41, 5.74) is -0.133. The quantitative estimate of drug-likeness (QED) is 0.568. The molecule has 4 aliphatic rings. The van der Waals surface area contributed by atoms with Crippen LogP contribution in [0.5, 0.6) is 0 Å². The maximum Gasteiger partial charge on any atom is 0.317 e. The number of esters is 1. The van der Waals surface area contributed by atoms with Crippen molar-refractivity contribution >= 4 is 23.6 Å². The number of carbonyl (C=O) groups is 2. The number of nitrogens with one attached hydrogen (secondary N) is 1. The lowest BCUT2D eigenvalue weighted by atomic mass is 9.53. The number of halogens is 2. The summed E-state index contributed by atoms with van der Waals surface area (Å²) in [7, 11) is 0. The molecular weight excluding hydrogens is 384 g/mol. The Hall–Kier alpha value is -1.63. The number of benzene rings is 1. The molecule has 7 heteroatoms. The first kappa shape index (κ1) is 19.7. The van der Waals surface area contributed by atoms with E-state index in [4.69, 9.17) is 4.74 Å². The smallest absolute Gasteiger partial charge is 0.317 e. The Labute approximate surface area is 167 Å². The third kappa shape index (κ3) is 4.19. The van der Waals surface area contributed by atoms with Crippen molar-refractivity contribution < 1.29 is 23.1 Å². The Balaban J connectivity index is 1.28. The van der Waals surface area contributed by atoms with E-state index in [0.29, 0.717) is 17.8 Å². The monoisotopic (exact) mass is 409 g/mol. The number of rotatable bonds is 6. The first-order valence-corrected chi connectivity index (χ1v) is 10.9. The van der Waals surface area contributed by atoms with Crippen molar-refractivity contribution in [1.29, 1.82) is 0 Å². The fraction of sp³-hybridized carbons (Fsp3) is 0.619. The summed E-state index contributed by atoms with van der Waals surface area (Å²) >= 11 is 0.857. The summed E-state index contributed by atoms with van der Waals surface area (Å²) in [4.78, 5) is 24.7. The molecule has 4 fully saturated rings. The van der Waals surface area contributed by atoms with Gasteiger partial charge in [0.1, 0.15) is 11.6 Å². The van der Waals surface area contributed by atoms with Gasteiger partial charge in [0.2, 0.25) is 0 Å². The fourth-order valence-corrected chi connectivity index (χ4v) is 6.38. The van der Waals surface area contributed by atoms with Crippen LogP contribution < -0.4 is 5.32 Å². The summed E-state index contributed by atoms with van der Waals surface area (Å²) in [6, 6.07) is 3.08. The summed E-state index contributed by atoms with van der Waals surface area (Å²) in [6.07, 6.45) is 6.04. The molecule has 0 radical (unpaired) electrons. The number of hydrogen-bond acceptors (Lipinski definition) is 4. The summed E-state index contributed by atoms with van der Waals surface area (Å²) in [5.74, 6) is -0.104. The predicted molar refractivity (Wildman–Crippen MR) is 102 cm³/mol. The first-order chi connectivity index (χ1) is 13.3. The van der Waals surface area contributed by atoms with E-state index in [1.165, 1.54) is 19.3 Å². The van der Waals surface area contributed by atoms with Gasteiger partial charge in [0.25, 0.3) is 5.91 Å².